The highest BCUT2D eigenvalue weighted by atomic mass is 32.1. The number of piperidine rings is 1. The Morgan fingerprint density at radius 2 is 2.19 bits per heavy atom. The number of nitrogens with one attached hydrogen (secondary N) is 1. The summed E-state index contributed by atoms with van der Waals surface area (Å²) < 4.78 is 0. The zero-order chi connectivity index (χ0) is 15.0. The molecule has 1 fully saturated rings. The lowest BCUT2D eigenvalue weighted by Crippen LogP contribution is -2.43. The highest BCUT2D eigenvalue weighted by Gasteiger charge is 2.23. The van der Waals surface area contributed by atoms with Crippen molar-refractivity contribution in [1.82, 2.24) is 15.2 Å². The van der Waals surface area contributed by atoms with E-state index < -0.39 is 0 Å². The van der Waals surface area contributed by atoms with E-state index in [1.165, 1.54) is 11.3 Å². The first kappa shape index (κ1) is 14.3. The van der Waals surface area contributed by atoms with Gasteiger partial charge in [-0.1, -0.05) is 0 Å². The first-order valence-electron chi connectivity index (χ1n) is 7.19. The van der Waals surface area contributed by atoms with Crippen molar-refractivity contribution in [2.45, 2.75) is 25.8 Å². The molecule has 1 aliphatic rings. The SMILES string of the molecule is Cc1ccnc2sc(C(=O)NC3CCN(C)CC3)c(N)c12. The summed E-state index contributed by atoms with van der Waals surface area (Å²) in [4.78, 5) is 20.5. The summed E-state index contributed by atoms with van der Waals surface area (Å²) >= 11 is 1.38. The van der Waals surface area contributed by atoms with Crippen LogP contribution in [0.15, 0.2) is 12.3 Å². The molecule has 0 radical (unpaired) electrons. The van der Waals surface area contributed by atoms with Crippen molar-refractivity contribution < 1.29 is 4.79 Å². The third-order valence-electron chi connectivity index (χ3n) is 4.10. The Kier molecular flexibility index (Phi) is 3.82. The van der Waals surface area contributed by atoms with Gasteiger partial charge in [-0.05, 0) is 51.5 Å². The van der Waals surface area contributed by atoms with E-state index >= 15 is 0 Å². The van der Waals surface area contributed by atoms with E-state index in [-0.39, 0.29) is 11.9 Å². The van der Waals surface area contributed by atoms with Crippen LogP contribution < -0.4 is 11.1 Å². The number of anilines is 1. The molecule has 0 saturated carbocycles. The maximum Gasteiger partial charge on any atom is 0.263 e. The Balaban J connectivity index is 1.82. The Morgan fingerprint density at radius 3 is 2.86 bits per heavy atom. The molecule has 0 atom stereocenters. The van der Waals surface area contributed by atoms with Gasteiger partial charge in [0, 0.05) is 17.6 Å². The number of pyridine rings is 1. The smallest absolute Gasteiger partial charge is 0.263 e. The molecule has 0 aromatic carbocycles. The van der Waals surface area contributed by atoms with Crippen LogP contribution in [0.1, 0.15) is 28.1 Å². The van der Waals surface area contributed by atoms with E-state index in [9.17, 15) is 4.79 Å². The summed E-state index contributed by atoms with van der Waals surface area (Å²) in [6.07, 6.45) is 3.74. The van der Waals surface area contributed by atoms with Crippen LogP contribution >= 0.6 is 11.3 Å². The molecule has 3 rings (SSSR count). The molecular formula is C15H20N4OS. The Bertz CT molecular complexity index is 674. The molecule has 2 aromatic heterocycles. The van der Waals surface area contributed by atoms with Crippen LogP contribution in [-0.4, -0.2) is 42.0 Å². The van der Waals surface area contributed by atoms with Gasteiger partial charge >= 0.3 is 0 Å². The third-order valence-corrected chi connectivity index (χ3v) is 5.21. The van der Waals surface area contributed by atoms with Gasteiger partial charge in [0.1, 0.15) is 9.71 Å². The number of nitrogens with zero attached hydrogens (tertiary/aromatic N) is 2. The molecule has 1 amide bonds. The standard InChI is InChI=1S/C15H20N4OS/c1-9-3-6-17-15-11(9)12(16)13(21-15)14(20)18-10-4-7-19(2)8-5-10/h3,6,10H,4-5,7-8,16H2,1-2H3,(H,18,20). The fourth-order valence-electron chi connectivity index (χ4n) is 2.78. The van der Waals surface area contributed by atoms with E-state index in [1.54, 1.807) is 6.20 Å². The fourth-order valence-corrected chi connectivity index (χ4v) is 3.82. The van der Waals surface area contributed by atoms with Crippen molar-refractivity contribution in [3.63, 3.8) is 0 Å². The minimum absolute atomic E-state index is 0.0653. The highest BCUT2D eigenvalue weighted by molar-refractivity contribution is 7.21. The van der Waals surface area contributed by atoms with E-state index in [4.69, 9.17) is 5.73 Å². The van der Waals surface area contributed by atoms with Gasteiger partial charge in [0.05, 0.1) is 5.69 Å². The lowest BCUT2D eigenvalue weighted by atomic mass is 10.1. The van der Waals surface area contributed by atoms with Crippen LogP contribution in [0.2, 0.25) is 0 Å². The average molecular weight is 304 g/mol. The summed E-state index contributed by atoms with van der Waals surface area (Å²) in [5.74, 6) is -0.0653. The lowest BCUT2D eigenvalue weighted by molar-refractivity contribution is 0.0922. The number of aromatic nitrogens is 1. The van der Waals surface area contributed by atoms with Gasteiger partial charge < -0.3 is 16.0 Å². The molecule has 0 aliphatic carbocycles. The number of nitrogen functional groups attached to an aromatic ring is 1. The maximum atomic E-state index is 12.5. The third kappa shape index (κ3) is 2.73. The summed E-state index contributed by atoms with van der Waals surface area (Å²) in [6, 6.07) is 2.16. The quantitative estimate of drug-likeness (QED) is 0.890. The summed E-state index contributed by atoms with van der Waals surface area (Å²) in [7, 11) is 2.11. The normalized spacial score (nSPS) is 17.2. The number of likely N-dealkylation sites (tertiary alicyclic amines) is 1. The van der Waals surface area contributed by atoms with Gasteiger partial charge in [-0.15, -0.1) is 11.3 Å². The molecule has 2 aromatic rings. The molecule has 3 heterocycles. The predicted octanol–water partition coefficient (Wildman–Crippen LogP) is 2.01. The van der Waals surface area contributed by atoms with Gasteiger partial charge in [-0.3, -0.25) is 4.79 Å². The lowest BCUT2D eigenvalue weighted by Gasteiger charge is -2.29. The molecule has 0 spiro atoms. The number of amides is 1. The molecule has 0 unspecified atom stereocenters. The summed E-state index contributed by atoms with van der Waals surface area (Å²) in [5.41, 5.74) is 7.79. The topological polar surface area (TPSA) is 71.2 Å². The second kappa shape index (κ2) is 5.61. The first-order valence-corrected chi connectivity index (χ1v) is 8.01. The summed E-state index contributed by atoms with van der Waals surface area (Å²) in [5, 5.41) is 4.03. The highest BCUT2D eigenvalue weighted by Crippen LogP contribution is 2.34. The predicted molar refractivity (Wildman–Crippen MR) is 86.8 cm³/mol. The Labute approximate surface area is 128 Å². The first-order chi connectivity index (χ1) is 10.1. The molecule has 6 heteroatoms. The Morgan fingerprint density at radius 1 is 1.48 bits per heavy atom. The van der Waals surface area contributed by atoms with Crippen LogP contribution in [0.3, 0.4) is 0 Å². The second-order valence-corrected chi connectivity index (χ2v) is 6.70. The minimum atomic E-state index is -0.0653. The van der Waals surface area contributed by atoms with Gasteiger partial charge in [0.25, 0.3) is 5.91 Å². The van der Waals surface area contributed by atoms with Crippen LogP contribution in [0.25, 0.3) is 10.2 Å². The van der Waals surface area contributed by atoms with E-state index in [0.717, 1.165) is 41.7 Å². The minimum Gasteiger partial charge on any atom is -0.397 e. The average Bonchev–Trinajstić information content (AvgIpc) is 2.80. The number of carbonyl (C=O) groups excluding carboxylic acids is 1. The van der Waals surface area contributed by atoms with Crippen molar-refractivity contribution in [3.8, 4) is 0 Å². The number of thiophene rings is 1. The number of carbonyl (C=O) groups is 1. The molecule has 1 saturated heterocycles. The zero-order valence-corrected chi connectivity index (χ0v) is 13.2. The van der Waals surface area contributed by atoms with Crippen LogP contribution in [0.4, 0.5) is 5.69 Å². The van der Waals surface area contributed by atoms with Gasteiger partial charge in [0.15, 0.2) is 0 Å². The van der Waals surface area contributed by atoms with Crippen molar-refractivity contribution in [1.29, 1.82) is 0 Å². The molecule has 1 aliphatic heterocycles. The van der Waals surface area contributed by atoms with Crippen molar-refractivity contribution in [2.75, 3.05) is 25.9 Å². The van der Waals surface area contributed by atoms with E-state index in [0.29, 0.717) is 10.6 Å². The largest absolute Gasteiger partial charge is 0.397 e. The van der Waals surface area contributed by atoms with Crippen LogP contribution in [0.5, 0.6) is 0 Å². The van der Waals surface area contributed by atoms with Crippen molar-refractivity contribution in [3.05, 3.63) is 22.7 Å². The van der Waals surface area contributed by atoms with Crippen molar-refractivity contribution in [2.24, 2.45) is 0 Å². The number of hydrogen-bond donors (Lipinski definition) is 2. The van der Waals surface area contributed by atoms with Gasteiger partial charge in [-0.2, -0.15) is 0 Å². The molecule has 0 bridgehead atoms. The Hall–Kier alpha value is -1.66. The maximum absolute atomic E-state index is 12.5. The van der Waals surface area contributed by atoms with Gasteiger partial charge in [0.2, 0.25) is 0 Å². The molecule has 21 heavy (non-hydrogen) atoms. The van der Waals surface area contributed by atoms with Crippen LogP contribution in [0, 0.1) is 6.92 Å². The molecular weight excluding hydrogens is 284 g/mol. The number of nitrogens with two attached hydrogens (primary N) is 1. The zero-order valence-electron chi connectivity index (χ0n) is 12.3. The van der Waals surface area contributed by atoms with E-state index in [2.05, 4.69) is 22.2 Å². The number of rotatable bonds is 2. The fraction of sp³-hybridized carbons (Fsp3) is 0.467. The van der Waals surface area contributed by atoms with Crippen LogP contribution in [-0.2, 0) is 0 Å². The number of aryl methyl sites for hydroxylation is 1. The van der Waals surface area contributed by atoms with Gasteiger partial charge in [-0.25, -0.2) is 4.98 Å². The second-order valence-electron chi connectivity index (χ2n) is 5.70. The van der Waals surface area contributed by atoms with Crippen molar-refractivity contribution >= 4 is 33.1 Å². The molecule has 5 nitrogen and oxygen atoms in total. The molecule has 112 valence electrons. The molecule has 3 N–H and O–H groups in total. The monoisotopic (exact) mass is 304 g/mol. The number of hydrogen-bond acceptors (Lipinski definition) is 5. The van der Waals surface area contributed by atoms with E-state index in [1.807, 2.05) is 13.0 Å². The number of fused-ring (bicyclic) bond motifs is 1. The summed E-state index contributed by atoms with van der Waals surface area (Å²) in [6.45, 7) is 4.03.